The maximum Gasteiger partial charge on any atom is -0.00139 e. The summed E-state index contributed by atoms with van der Waals surface area (Å²) in [6, 6.07) is 77.5. The van der Waals surface area contributed by atoms with E-state index in [4.69, 9.17) is 0 Å². The first-order chi connectivity index (χ1) is 29.8. The fourth-order valence-corrected chi connectivity index (χ4v) is 11.4. The molecule has 0 aliphatic heterocycles. The van der Waals surface area contributed by atoms with Crippen LogP contribution in [0, 0.1) is 0 Å². The van der Waals surface area contributed by atoms with Gasteiger partial charge >= 0.3 is 0 Å². The van der Waals surface area contributed by atoms with Crippen LogP contribution in [0.15, 0.2) is 206 Å². The summed E-state index contributed by atoms with van der Waals surface area (Å²) in [4.78, 5) is 0. The van der Waals surface area contributed by atoms with Crippen LogP contribution in [0.5, 0.6) is 0 Å². The second-order valence-electron chi connectivity index (χ2n) is 16.6. The van der Waals surface area contributed by atoms with Crippen LogP contribution in [-0.2, 0) is 0 Å². The Morgan fingerprint density at radius 2 is 0.350 bits per heavy atom. The molecular weight excluding hydrogens is 721 g/mol. The zero-order chi connectivity index (χ0) is 39.1. The summed E-state index contributed by atoms with van der Waals surface area (Å²) in [5.74, 6) is 0. The van der Waals surface area contributed by atoms with Gasteiger partial charge < -0.3 is 0 Å². The zero-order valence-corrected chi connectivity index (χ0v) is 32.6. The number of fused-ring (bicyclic) bond motifs is 10. The molecule has 2 aliphatic carbocycles. The summed E-state index contributed by atoms with van der Waals surface area (Å²) in [5, 5.41) is 15.5. The minimum absolute atomic E-state index is 1.27. The van der Waals surface area contributed by atoms with Crippen molar-refractivity contribution in [2.75, 3.05) is 0 Å². The van der Waals surface area contributed by atoms with E-state index >= 15 is 0 Å². The largest absolute Gasteiger partial charge is 0.0616 e. The molecule has 274 valence electrons. The van der Waals surface area contributed by atoms with E-state index in [-0.39, 0.29) is 0 Å². The van der Waals surface area contributed by atoms with Gasteiger partial charge in [-0.05, 0) is 143 Å². The third kappa shape index (κ3) is 4.10. The second-order valence-corrected chi connectivity index (χ2v) is 16.6. The molecule has 0 aromatic heterocycles. The fraction of sp³-hybridized carbons (Fsp3) is 0. The summed E-state index contributed by atoms with van der Waals surface area (Å²) in [5.41, 5.74) is 18.3. The van der Waals surface area contributed by atoms with Crippen molar-refractivity contribution in [2.45, 2.75) is 0 Å². The molecule has 0 heteroatoms. The average molecular weight is 755 g/mol. The van der Waals surface area contributed by atoms with E-state index in [1.807, 2.05) is 0 Å². The van der Waals surface area contributed by atoms with Crippen molar-refractivity contribution in [3.8, 4) is 77.9 Å². The molecule has 0 atom stereocenters. The molecule has 0 saturated carbocycles. The maximum atomic E-state index is 2.38. The van der Waals surface area contributed by atoms with Crippen LogP contribution in [0.25, 0.3) is 143 Å². The van der Waals surface area contributed by atoms with Crippen LogP contribution in [0.3, 0.4) is 0 Å². The van der Waals surface area contributed by atoms with Crippen LogP contribution < -0.4 is 0 Å². The Balaban J connectivity index is 1.09. The van der Waals surface area contributed by atoms with Crippen LogP contribution >= 0.6 is 0 Å². The third-order valence-corrected chi connectivity index (χ3v) is 13.7. The lowest BCUT2D eigenvalue weighted by Gasteiger charge is -2.23. The Kier molecular flexibility index (Phi) is 6.38. The van der Waals surface area contributed by atoms with E-state index in [0.29, 0.717) is 0 Å². The predicted molar refractivity (Wildman–Crippen MR) is 257 cm³/mol. The molecule has 0 N–H and O–H groups in total. The van der Waals surface area contributed by atoms with Crippen LogP contribution in [0.1, 0.15) is 0 Å². The van der Waals surface area contributed by atoms with Crippen molar-refractivity contribution in [3.05, 3.63) is 206 Å². The Morgan fingerprint density at radius 3 is 0.667 bits per heavy atom. The summed E-state index contributed by atoms with van der Waals surface area (Å²) < 4.78 is 0. The molecule has 12 aromatic rings. The standard InChI is InChI=1S/C60H34/c1-3-17-37-35(15-1)39-27-13-29-45-53(33-31-51(37)55(39)45)57-41-19-5-9-23-47(41)59(48-24-10-6-20-42(48)57)60-49-25-11-7-21-43(49)58(44-22-8-12-26-50(44)60)54-34-32-52-38-18-4-2-16-36(38)40-28-14-30-46(54)56(40)52/h1-34H. The monoisotopic (exact) mass is 754 g/mol. The van der Waals surface area contributed by atoms with Gasteiger partial charge in [-0.1, -0.05) is 206 Å². The van der Waals surface area contributed by atoms with E-state index in [2.05, 4.69) is 206 Å². The average Bonchev–Trinajstić information content (AvgIpc) is 3.82. The molecule has 0 bridgehead atoms. The van der Waals surface area contributed by atoms with Crippen LogP contribution in [0.4, 0.5) is 0 Å². The van der Waals surface area contributed by atoms with Crippen LogP contribution in [0.2, 0.25) is 0 Å². The molecule has 14 rings (SSSR count). The quantitative estimate of drug-likeness (QED) is 0.158. The van der Waals surface area contributed by atoms with E-state index in [9.17, 15) is 0 Å². The highest BCUT2D eigenvalue weighted by Gasteiger charge is 2.28. The molecule has 60 heavy (non-hydrogen) atoms. The Bertz CT molecular complexity index is 3450. The summed E-state index contributed by atoms with van der Waals surface area (Å²) >= 11 is 0. The highest BCUT2D eigenvalue weighted by molar-refractivity contribution is 6.33. The van der Waals surface area contributed by atoms with Gasteiger partial charge in [-0.2, -0.15) is 0 Å². The highest BCUT2D eigenvalue weighted by atomic mass is 14.3. The Hall–Kier alpha value is -7.80. The molecule has 2 aliphatic rings. The van der Waals surface area contributed by atoms with Gasteiger partial charge in [0.15, 0.2) is 0 Å². The van der Waals surface area contributed by atoms with E-state index < -0.39 is 0 Å². The van der Waals surface area contributed by atoms with E-state index in [1.165, 1.54) is 143 Å². The Labute approximate surface area is 347 Å². The number of hydrogen-bond acceptors (Lipinski definition) is 0. The van der Waals surface area contributed by atoms with Crippen LogP contribution in [-0.4, -0.2) is 0 Å². The minimum atomic E-state index is 1.27. The van der Waals surface area contributed by atoms with Gasteiger partial charge in [0.1, 0.15) is 0 Å². The van der Waals surface area contributed by atoms with Gasteiger partial charge in [0.25, 0.3) is 0 Å². The first-order valence-electron chi connectivity index (χ1n) is 21.0. The zero-order valence-electron chi connectivity index (χ0n) is 32.6. The van der Waals surface area contributed by atoms with Crippen molar-refractivity contribution >= 4 is 64.6 Å². The van der Waals surface area contributed by atoms with Gasteiger partial charge in [-0.15, -0.1) is 0 Å². The topological polar surface area (TPSA) is 0 Å². The molecule has 0 nitrogen and oxygen atoms in total. The summed E-state index contributed by atoms with van der Waals surface area (Å²) in [6.45, 7) is 0. The lowest BCUT2D eigenvalue weighted by Crippen LogP contribution is -1.95. The molecule has 0 saturated heterocycles. The summed E-state index contributed by atoms with van der Waals surface area (Å²) in [6.07, 6.45) is 0. The highest BCUT2D eigenvalue weighted by Crippen LogP contribution is 2.55. The second kappa shape index (κ2) is 11.9. The molecule has 0 fully saturated rings. The summed E-state index contributed by atoms with van der Waals surface area (Å²) in [7, 11) is 0. The van der Waals surface area contributed by atoms with Gasteiger partial charge in [-0.25, -0.2) is 0 Å². The first-order valence-corrected chi connectivity index (χ1v) is 21.0. The number of benzene rings is 12. The van der Waals surface area contributed by atoms with Crippen molar-refractivity contribution < 1.29 is 0 Å². The van der Waals surface area contributed by atoms with Crippen molar-refractivity contribution in [1.29, 1.82) is 0 Å². The normalized spacial score (nSPS) is 12.3. The van der Waals surface area contributed by atoms with E-state index in [0.717, 1.165) is 0 Å². The number of hydrogen-bond donors (Lipinski definition) is 0. The lowest BCUT2D eigenvalue weighted by atomic mass is 9.80. The predicted octanol–water partition coefficient (Wildman–Crippen LogP) is 16.9. The first kappa shape index (κ1) is 32.2. The molecule has 0 spiro atoms. The van der Waals surface area contributed by atoms with Gasteiger partial charge in [0.2, 0.25) is 0 Å². The Morgan fingerprint density at radius 1 is 0.133 bits per heavy atom. The molecule has 12 aromatic carbocycles. The van der Waals surface area contributed by atoms with Crippen molar-refractivity contribution in [2.24, 2.45) is 0 Å². The maximum absolute atomic E-state index is 2.38. The molecule has 0 radical (unpaired) electrons. The van der Waals surface area contributed by atoms with Crippen molar-refractivity contribution in [3.63, 3.8) is 0 Å². The van der Waals surface area contributed by atoms with Gasteiger partial charge in [0, 0.05) is 0 Å². The third-order valence-electron chi connectivity index (χ3n) is 13.7. The molecule has 0 heterocycles. The minimum Gasteiger partial charge on any atom is -0.0616 e. The lowest BCUT2D eigenvalue weighted by molar-refractivity contribution is 1.69. The van der Waals surface area contributed by atoms with Gasteiger partial charge in [-0.3, -0.25) is 0 Å². The van der Waals surface area contributed by atoms with Gasteiger partial charge in [0.05, 0.1) is 0 Å². The van der Waals surface area contributed by atoms with E-state index in [1.54, 1.807) is 0 Å². The smallest absolute Gasteiger partial charge is 0.00139 e. The molecular formula is C60H34. The number of rotatable bonds is 3. The fourth-order valence-electron chi connectivity index (χ4n) is 11.4. The molecule has 0 unspecified atom stereocenters. The van der Waals surface area contributed by atoms with Crippen molar-refractivity contribution in [1.82, 2.24) is 0 Å². The molecule has 0 amide bonds. The SMILES string of the molecule is c1ccc2c(c1)-c1cccc3c(-c4c5ccccc5c(-c5c6ccccc6c(-c6ccc7c8c(cccc68)-c6ccccc6-7)c6ccccc56)c5ccccc45)ccc-2c13.